The molecule has 1 aromatic heterocycles. The van der Waals surface area contributed by atoms with Gasteiger partial charge in [-0.2, -0.15) is 5.10 Å². The van der Waals surface area contributed by atoms with E-state index in [1.165, 1.54) is 25.9 Å². The Kier molecular flexibility index (Phi) is 4.11. The van der Waals surface area contributed by atoms with Gasteiger partial charge in [-0.25, -0.2) is 0 Å². The van der Waals surface area contributed by atoms with Crippen molar-refractivity contribution < 1.29 is 9.53 Å². The molecule has 4 rings (SSSR count). The Bertz CT molecular complexity index is 567. The molecular weight excluding hydrogens is 292 g/mol. The van der Waals surface area contributed by atoms with Gasteiger partial charge >= 0.3 is 0 Å². The van der Waals surface area contributed by atoms with Crippen molar-refractivity contribution in [2.75, 3.05) is 32.8 Å². The smallest absolute Gasteiger partial charge is 0.228 e. The van der Waals surface area contributed by atoms with E-state index in [1.807, 2.05) is 17.8 Å². The van der Waals surface area contributed by atoms with Gasteiger partial charge in [0.15, 0.2) is 0 Å². The molecule has 6 heteroatoms. The Morgan fingerprint density at radius 1 is 1.26 bits per heavy atom. The summed E-state index contributed by atoms with van der Waals surface area (Å²) in [6.07, 6.45) is 6.20. The van der Waals surface area contributed by atoms with E-state index in [4.69, 9.17) is 4.74 Å². The van der Waals surface area contributed by atoms with Gasteiger partial charge in [0.2, 0.25) is 5.91 Å². The van der Waals surface area contributed by atoms with Gasteiger partial charge in [-0.15, -0.1) is 0 Å². The van der Waals surface area contributed by atoms with Crippen molar-refractivity contribution in [1.82, 2.24) is 19.6 Å². The van der Waals surface area contributed by atoms with Gasteiger partial charge < -0.3 is 9.64 Å². The molecule has 3 aliphatic rings. The first-order chi connectivity index (χ1) is 11.2. The molecule has 1 aromatic rings. The van der Waals surface area contributed by atoms with Crippen molar-refractivity contribution in [3.05, 3.63) is 18.0 Å². The lowest BCUT2D eigenvalue weighted by Gasteiger charge is -2.26. The molecule has 3 atom stereocenters. The van der Waals surface area contributed by atoms with Crippen LogP contribution in [0.25, 0.3) is 0 Å². The lowest BCUT2D eigenvalue weighted by molar-refractivity contribution is -0.136. The number of carbonyl (C=O) groups excluding carboxylic acids is 1. The van der Waals surface area contributed by atoms with E-state index in [1.54, 1.807) is 6.20 Å². The van der Waals surface area contributed by atoms with E-state index >= 15 is 0 Å². The van der Waals surface area contributed by atoms with Crippen LogP contribution in [0.2, 0.25) is 0 Å². The average Bonchev–Trinajstić information content (AvgIpc) is 3.31. The summed E-state index contributed by atoms with van der Waals surface area (Å²) < 4.78 is 7.71. The first kappa shape index (κ1) is 15.1. The Hall–Kier alpha value is -1.40. The minimum absolute atomic E-state index is 0.0530. The van der Waals surface area contributed by atoms with E-state index in [0.717, 1.165) is 31.6 Å². The van der Waals surface area contributed by atoms with Crippen molar-refractivity contribution in [2.45, 2.75) is 37.8 Å². The minimum Gasteiger partial charge on any atom is -0.371 e. The zero-order valence-corrected chi connectivity index (χ0v) is 13.9. The van der Waals surface area contributed by atoms with Crippen molar-refractivity contribution >= 4 is 5.91 Å². The van der Waals surface area contributed by atoms with Crippen LogP contribution in [0.4, 0.5) is 0 Å². The normalized spacial score (nSPS) is 32.0. The number of rotatable bonds is 3. The van der Waals surface area contributed by atoms with Gasteiger partial charge in [0.05, 0.1) is 11.6 Å². The maximum absolute atomic E-state index is 13.0. The molecule has 3 fully saturated rings. The zero-order valence-electron chi connectivity index (χ0n) is 13.9. The number of carbonyl (C=O) groups is 1. The van der Waals surface area contributed by atoms with Crippen LogP contribution >= 0.6 is 0 Å². The molecule has 0 aliphatic carbocycles. The molecule has 1 amide bonds. The molecule has 0 bridgehead atoms. The quantitative estimate of drug-likeness (QED) is 0.840. The van der Waals surface area contributed by atoms with E-state index in [0.29, 0.717) is 12.6 Å². The first-order valence-electron chi connectivity index (χ1n) is 8.86. The molecule has 0 saturated carbocycles. The number of ether oxygens (including phenoxy) is 1. The molecule has 3 saturated heterocycles. The standard InChI is InChI=1S/C17H26N4O2/c1-19-15(4-7-18-19)16-14(6-11-23-16)17(22)21-10-5-13(12-21)20-8-2-3-9-20/h4,7,13-14,16H,2-3,5-6,8-12H2,1H3/t13-,14+,16+/m0/s1. The van der Waals surface area contributed by atoms with Gasteiger partial charge in [-0.1, -0.05) is 0 Å². The maximum Gasteiger partial charge on any atom is 0.228 e. The molecule has 0 spiro atoms. The van der Waals surface area contributed by atoms with Crippen LogP contribution in [0, 0.1) is 5.92 Å². The summed E-state index contributed by atoms with van der Waals surface area (Å²) in [7, 11) is 1.91. The highest BCUT2D eigenvalue weighted by Crippen LogP contribution is 2.36. The van der Waals surface area contributed by atoms with Gasteiger partial charge in [0.25, 0.3) is 0 Å². The third-order valence-corrected chi connectivity index (χ3v) is 5.69. The van der Waals surface area contributed by atoms with Gasteiger partial charge in [-0.3, -0.25) is 14.4 Å². The van der Waals surface area contributed by atoms with Crippen LogP contribution in [0.15, 0.2) is 12.3 Å². The second-order valence-electron chi connectivity index (χ2n) is 7.04. The predicted molar refractivity (Wildman–Crippen MR) is 85.8 cm³/mol. The second kappa shape index (κ2) is 6.24. The topological polar surface area (TPSA) is 50.6 Å². The summed E-state index contributed by atoms with van der Waals surface area (Å²) in [5.74, 6) is 0.220. The fourth-order valence-corrected chi connectivity index (χ4v) is 4.38. The predicted octanol–water partition coefficient (Wildman–Crippen LogP) is 1.19. The van der Waals surface area contributed by atoms with Crippen LogP contribution in [-0.2, 0) is 16.6 Å². The van der Waals surface area contributed by atoms with Gasteiger partial charge in [0.1, 0.15) is 6.10 Å². The lowest BCUT2D eigenvalue weighted by Crippen LogP contribution is -2.40. The number of hydrogen-bond donors (Lipinski definition) is 0. The molecular formula is C17H26N4O2. The molecule has 0 N–H and O–H groups in total. The van der Waals surface area contributed by atoms with Gasteiger partial charge in [0, 0.05) is 39.0 Å². The SMILES string of the molecule is Cn1nccc1[C@@H]1OCC[C@H]1C(=O)N1CC[C@H](N2CCCC2)C1. The molecule has 4 heterocycles. The second-order valence-corrected chi connectivity index (χ2v) is 7.04. The third-order valence-electron chi connectivity index (χ3n) is 5.69. The van der Waals surface area contributed by atoms with Crippen molar-refractivity contribution in [1.29, 1.82) is 0 Å². The molecule has 0 radical (unpaired) electrons. The van der Waals surface area contributed by atoms with E-state index in [2.05, 4.69) is 14.9 Å². The van der Waals surface area contributed by atoms with Gasteiger partial charge in [-0.05, 0) is 44.8 Å². The Morgan fingerprint density at radius 3 is 2.83 bits per heavy atom. The number of amides is 1. The first-order valence-corrected chi connectivity index (χ1v) is 8.86. The third kappa shape index (κ3) is 2.78. The molecule has 6 nitrogen and oxygen atoms in total. The highest BCUT2D eigenvalue weighted by molar-refractivity contribution is 5.80. The highest BCUT2D eigenvalue weighted by atomic mass is 16.5. The van der Waals surface area contributed by atoms with Crippen molar-refractivity contribution in [3.8, 4) is 0 Å². The van der Waals surface area contributed by atoms with Crippen molar-refractivity contribution in [2.24, 2.45) is 13.0 Å². The number of aromatic nitrogens is 2. The summed E-state index contributed by atoms with van der Waals surface area (Å²) in [4.78, 5) is 17.7. The van der Waals surface area contributed by atoms with Crippen LogP contribution in [0.1, 0.15) is 37.5 Å². The summed E-state index contributed by atoms with van der Waals surface area (Å²) in [6.45, 7) is 4.87. The number of aryl methyl sites for hydroxylation is 1. The fraction of sp³-hybridized carbons (Fsp3) is 0.765. The molecule has 0 unspecified atom stereocenters. The van der Waals surface area contributed by atoms with Crippen LogP contribution in [0.5, 0.6) is 0 Å². The monoisotopic (exact) mass is 318 g/mol. The molecule has 23 heavy (non-hydrogen) atoms. The molecule has 3 aliphatic heterocycles. The largest absolute Gasteiger partial charge is 0.371 e. The number of hydrogen-bond acceptors (Lipinski definition) is 4. The molecule has 126 valence electrons. The Balaban J connectivity index is 1.43. The lowest BCUT2D eigenvalue weighted by atomic mass is 9.97. The number of likely N-dealkylation sites (tertiary alicyclic amines) is 2. The fourth-order valence-electron chi connectivity index (χ4n) is 4.38. The number of nitrogens with zero attached hydrogens (tertiary/aromatic N) is 4. The zero-order chi connectivity index (χ0) is 15.8. The summed E-state index contributed by atoms with van der Waals surface area (Å²) in [6, 6.07) is 2.53. The van der Waals surface area contributed by atoms with Crippen molar-refractivity contribution in [3.63, 3.8) is 0 Å². The summed E-state index contributed by atoms with van der Waals surface area (Å²) in [5, 5.41) is 4.22. The highest BCUT2D eigenvalue weighted by Gasteiger charge is 2.41. The van der Waals surface area contributed by atoms with E-state index in [-0.39, 0.29) is 17.9 Å². The Labute approximate surface area is 137 Å². The maximum atomic E-state index is 13.0. The van der Waals surface area contributed by atoms with Crippen LogP contribution in [0.3, 0.4) is 0 Å². The van der Waals surface area contributed by atoms with E-state index in [9.17, 15) is 4.79 Å². The Morgan fingerprint density at radius 2 is 2.09 bits per heavy atom. The van der Waals surface area contributed by atoms with E-state index < -0.39 is 0 Å². The van der Waals surface area contributed by atoms with Crippen LogP contribution < -0.4 is 0 Å². The minimum atomic E-state index is -0.138. The summed E-state index contributed by atoms with van der Waals surface area (Å²) >= 11 is 0. The van der Waals surface area contributed by atoms with Crippen LogP contribution in [-0.4, -0.2) is 64.3 Å². The molecule has 0 aromatic carbocycles. The average molecular weight is 318 g/mol. The summed E-state index contributed by atoms with van der Waals surface area (Å²) in [5.41, 5.74) is 1.01.